The van der Waals surface area contributed by atoms with Gasteiger partial charge < -0.3 is 9.64 Å². The molecule has 0 aliphatic carbocycles. The Morgan fingerprint density at radius 3 is 2.21 bits per heavy atom. The largest absolute Gasteiger partial charge is 0.573 e. The molecule has 1 fully saturated rings. The second kappa shape index (κ2) is 9.90. The second-order valence-electron chi connectivity index (χ2n) is 9.31. The number of aromatic nitrogens is 1. The number of benzene rings is 2. The molecule has 3 aromatic rings. The highest BCUT2D eigenvalue weighted by atomic mass is 19.4. The smallest absolute Gasteiger partial charge is 0.406 e. The lowest BCUT2D eigenvalue weighted by Crippen LogP contribution is -2.47. The van der Waals surface area contributed by atoms with Gasteiger partial charge in [-0.15, -0.1) is 13.2 Å². The molecule has 1 N–H and O–H groups in total. The number of amides is 1. The fourth-order valence-corrected chi connectivity index (χ4v) is 4.44. The summed E-state index contributed by atoms with van der Waals surface area (Å²) in [6.45, 7) is 3.35. The van der Waals surface area contributed by atoms with Crippen LogP contribution in [-0.2, 0) is 16.5 Å². The summed E-state index contributed by atoms with van der Waals surface area (Å²) in [7, 11) is 0. The first-order valence-corrected chi connectivity index (χ1v) is 11.4. The number of nitrogens with zero attached hydrogens (tertiary/aromatic N) is 2. The highest BCUT2D eigenvalue weighted by Crippen LogP contribution is 2.40. The van der Waals surface area contributed by atoms with Crippen molar-refractivity contribution in [3.63, 3.8) is 0 Å². The summed E-state index contributed by atoms with van der Waals surface area (Å²) in [5.41, 5.74) is -0.925. The predicted octanol–water partition coefficient (Wildman–Crippen LogP) is 6.51. The van der Waals surface area contributed by atoms with Crippen molar-refractivity contribution in [1.29, 1.82) is 0 Å². The van der Waals surface area contributed by atoms with Gasteiger partial charge in [-0.1, -0.05) is 18.2 Å². The van der Waals surface area contributed by atoms with Crippen molar-refractivity contribution < 1.29 is 40.3 Å². The number of nitrogens with one attached hydrogen (secondary N) is 1. The monoisotopic (exact) mass is 541 g/mol. The average molecular weight is 541 g/mol. The summed E-state index contributed by atoms with van der Waals surface area (Å²) in [5, 5.41) is 3.16. The Morgan fingerprint density at radius 1 is 0.974 bits per heavy atom. The first-order chi connectivity index (χ1) is 17.6. The molecule has 4 rings (SSSR count). The van der Waals surface area contributed by atoms with Gasteiger partial charge in [0.15, 0.2) is 0 Å². The van der Waals surface area contributed by atoms with Crippen LogP contribution in [-0.4, -0.2) is 23.3 Å². The molecule has 0 bridgehead atoms. The minimum absolute atomic E-state index is 0.153. The lowest BCUT2D eigenvalue weighted by atomic mass is 9.93. The van der Waals surface area contributed by atoms with E-state index in [2.05, 4.69) is 15.0 Å². The molecule has 0 radical (unpaired) electrons. The minimum atomic E-state index is -4.89. The van der Waals surface area contributed by atoms with Gasteiger partial charge in [0.1, 0.15) is 17.3 Å². The Morgan fingerprint density at radius 2 is 1.66 bits per heavy atom. The van der Waals surface area contributed by atoms with Gasteiger partial charge in [0.05, 0.1) is 12.1 Å². The molecule has 1 amide bonds. The molecular weight excluding hydrogens is 519 g/mol. The third-order valence-electron chi connectivity index (χ3n) is 6.20. The van der Waals surface area contributed by atoms with E-state index < -0.39 is 53.3 Å². The van der Waals surface area contributed by atoms with Gasteiger partial charge in [0, 0.05) is 17.4 Å². The predicted molar refractivity (Wildman–Crippen MR) is 124 cm³/mol. The Kier molecular flexibility index (Phi) is 7.13. The Hall–Kier alpha value is -3.67. The van der Waals surface area contributed by atoms with E-state index in [0.29, 0.717) is 11.1 Å². The maximum atomic E-state index is 14.0. The molecule has 2 heterocycles. The molecule has 0 saturated carbocycles. The Labute approximate surface area is 213 Å². The lowest BCUT2D eigenvalue weighted by Gasteiger charge is -2.30. The van der Waals surface area contributed by atoms with Gasteiger partial charge in [0.25, 0.3) is 0 Å². The van der Waals surface area contributed by atoms with Crippen LogP contribution in [0.2, 0.25) is 0 Å². The Balaban J connectivity index is 1.63. The molecule has 1 saturated heterocycles. The van der Waals surface area contributed by atoms with E-state index in [0.717, 1.165) is 24.4 Å². The van der Waals surface area contributed by atoms with E-state index in [-0.39, 0.29) is 12.1 Å². The maximum Gasteiger partial charge on any atom is 0.573 e. The zero-order valence-corrected chi connectivity index (χ0v) is 20.1. The van der Waals surface area contributed by atoms with E-state index in [1.807, 2.05) is 0 Å². The van der Waals surface area contributed by atoms with E-state index in [9.17, 15) is 35.5 Å². The standard InChI is InChI=1S/C26H22F7N3O2/c1-24(2,16-6-11-22(34-14-16)25(28,29)30)35-20-13-21(15-4-3-5-17(27)12-15)36(23(20)37)18-7-9-19(10-8-18)38-26(31,32)33/h3-12,14,20-21,35H,13H2,1-2H3/t20-,21-/m1/s1. The minimum Gasteiger partial charge on any atom is -0.406 e. The topological polar surface area (TPSA) is 54.5 Å². The van der Waals surface area contributed by atoms with Crippen molar-refractivity contribution in [3.05, 3.63) is 89.5 Å². The molecule has 2 atom stereocenters. The first-order valence-electron chi connectivity index (χ1n) is 11.4. The lowest BCUT2D eigenvalue weighted by molar-refractivity contribution is -0.274. The van der Waals surface area contributed by atoms with Crippen LogP contribution in [0.3, 0.4) is 0 Å². The Bertz CT molecular complexity index is 1290. The fraction of sp³-hybridized carbons (Fsp3) is 0.308. The fourth-order valence-electron chi connectivity index (χ4n) is 4.44. The van der Waals surface area contributed by atoms with Crippen molar-refractivity contribution >= 4 is 11.6 Å². The molecule has 202 valence electrons. The zero-order chi connectivity index (χ0) is 27.9. The number of pyridine rings is 1. The molecule has 5 nitrogen and oxygen atoms in total. The summed E-state index contributed by atoms with van der Waals surface area (Å²) >= 11 is 0. The molecule has 1 aromatic heterocycles. The van der Waals surface area contributed by atoms with Crippen LogP contribution >= 0.6 is 0 Å². The van der Waals surface area contributed by atoms with Gasteiger partial charge in [-0.3, -0.25) is 15.1 Å². The normalized spacial score (nSPS) is 18.7. The molecule has 38 heavy (non-hydrogen) atoms. The number of carbonyl (C=O) groups excluding carboxylic acids is 1. The molecule has 1 aliphatic rings. The number of rotatable bonds is 6. The summed E-state index contributed by atoms with van der Waals surface area (Å²) < 4.78 is 94.4. The van der Waals surface area contributed by atoms with Crippen molar-refractivity contribution in [1.82, 2.24) is 10.3 Å². The number of hydrogen-bond acceptors (Lipinski definition) is 4. The van der Waals surface area contributed by atoms with Crippen LogP contribution in [0.25, 0.3) is 0 Å². The van der Waals surface area contributed by atoms with Gasteiger partial charge in [0.2, 0.25) is 5.91 Å². The second-order valence-corrected chi connectivity index (χ2v) is 9.31. The van der Waals surface area contributed by atoms with Crippen molar-refractivity contribution in [2.75, 3.05) is 4.90 Å². The van der Waals surface area contributed by atoms with E-state index >= 15 is 0 Å². The summed E-state index contributed by atoms with van der Waals surface area (Å²) in [5.74, 6) is -1.45. The average Bonchev–Trinajstić information content (AvgIpc) is 3.13. The quantitative estimate of drug-likeness (QED) is 0.362. The summed E-state index contributed by atoms with van der Waals surface area (Å²) in [6.07, 6.45) is -8.25. The van der Waals surface area contributed by atoms with Crippen LogP contribution < -0.4 is 15.0 Å². The van der Waals surface area contributed by atoms with Crippen molar-refractivity contribution in [2.24, 2.45) is 0 Å². The highest BCUT2D eigenvalue weighted by molar-refractivity contribution is 6.00. The summed E-state index contributed by atoms with van der Waals surface area (Å²) in [4.78, 5) is 18.4. The number of anilines is 1. The molecule has 0 spiro atoms. The maximum absolute atomic E-state index is 14.0. The number of alkyl halides is 6. The number of hydrogen-bond donors (Lipinski definition) is 1. The van der Waals surface area contributed by atoms with E-state index in [1.165, 1.54) is 41.3 Å². The molecule has 2 aromatic carbocycles. The van der Waals surface area contributed by atoms with Gasteiger partial charge >= 0.3 is 12.5 Å². The molecule has 0 unspecified atom stereocenters. The van der Waals surface area contributed by atoms with Crippen LogP contribution in [0, 0.1) is 5.82 Å². The molecular formula is C26H22F7N3O2. The van der Waals surface area contributed by atoms with Crippen molar-refractivity contribution in [3.8, 4) is 5.75 Å². The third kappa shape index (κ3) is 6.07. The zero-order valence-electron chi connectivity index (χ0n) is 20.1. The molecule has 12 heteroatoms. The SMILES string of the molecule is CC(C)(N[C@@H]1C[C@H](c2cccc(F)c2)N(c2ccc(OC(F)(F)F)cc2)C1=O)c1ccc(C(F)(F)F)nc1. The number of halogens is 7. The van der Waals surface area contributed by atoms with Gasteiger partial charge in [-0.2, -0.15) is 13.2 Å². The molecule has 1 aliphatic heterocycles. The summed E-state index contributed by atoms with van der Waals surface area (Å²) in [6, 6.07) is 10.9. The third-order valence-corrected chi connectivity index (χ3v) is 6.20. The van der Waals surface area contributed by atoms with Crippen LogP contribution in [0.1, 0.15) is 43.1 Å². The van der Waals surface area contributed by atoms with Crippen LogP contribution in [0.5, 0.6) is 5.75 Å². The van der Waals surface area contributed by atoms with Gasteiger partial charge in [-0.25, -0.2) is 4.39 Å². The van der Waals surface area contributed by atoms with E-state index in [4.69, 9.17) is 0 Å². The number of ether oxygens (including phenoxy) is 1. The van der Waals surface area contributed by atoms with Crippen LogP contribution in [0.4, 0.5) is 36.4 Å². The van der Waals surface area contributed by atoms with E-state index in [1.54, 1.807) is 19.9 Å². The van der Waals surface area contributed by atoms with Crippen molar-refractivity contribution in [2.45, 2.75) is 50.4 Å². The number of carbonyl (C=O) groups is 1. The van der Waals surface area contributed by atoms with Crippen LogP contribution in [0.15, 0.2) is 66.9 Å². The first kappa shape index (κ1) is 27.4. The van der Waals surface area contributed by atoms with Gasteiger partial charge in [-0.05, 0) is 73.9 Å². The highest BCUT2D eigenvalue weighted by Gasteiger charge is 2.44.